The first kappa shape index (κ1) is 14.7. The highest BCUT2D eigenvalue weighted by Crippen LogP contribution is 2.13. The summed E-state index contributed by atoms with van der Waals surface area (Å²) in [6.07, 6.45) is 3.26. The van der Waals surface area contributed by atoms with Gasteiger partial charge in [-0.2, -0.15) is 0 Å². The lowest BCUT2D eigenvalue weighted by molar-refractivity contribution is 0.803. The zero-order chi connectivity index (χ0) is 15.4. The first-order valence-corrected chi connectivity index (χ1v) is 6.51. The minimum Gasteiger partial charge on any atom is -0.382 e. The minimum absolute atomic E-state index is 0.175. The van der Waals surface area contributed by atoms with Crippen molar-refractivity contribution < 1.29 is 0 Å². The second-order valence-electron chi connectivity index (χ2n) is 4.85. The number of hydrazine groups is 1. The molecule has 2 aromatic heterocycles. The lowest BCUT2D eigenvalue weighted by Gasteiger charge is -2.09. The van der Waals surface area contributed by atoms with Crippen molar-refractivity contribution in [3.8, 4) is 5.69 Å². The molecule has 2 rings (SSSR count). The molecule has 7 heteroatoms. The number of nitrogens with one attached hydrogen (secondary N) is 1. The van der Waals surface area contributed by atoms with Gasteiger partial charge in [0.25, 0.3) is 5.56 Å². The van der Waals surface area contributed by atoms with E-state index in [1.54, 1.807) is 18.5 Å². The summed E-state index contributed by atoms with van der Waals surface area (Å²) in [5, 5.41) is 3.69. The molecular formula is C14H18N6O. The van der Waals surface area contributed by atoms with Crippen LogP contribution in [0.3, 0.4) is 0 Å². The Bertz CT molecular complexity index is 702. The van der Waals surface area contributed by atoms with Gasteiger partial charge in [-0.3, -0.25) is 14.3 Å². The van der Waals surface area contributed by atoms with Gasteiger partial charge in [0.2, 0.25) is 0 Å². The number of hydrogen-bond acceptors (Lipinski definition) is 5. The van der Waals surface area contributed by atoms with Gasteiger partial charge in [-0.25, -0.2) is 11.4 Å². The fraction of sp³-hybridized carbons (Fsp3) is 0.214. The van der Waals surface area contributed by atoms with Crippen molar-refractivity contribution in [2.45, 2.75) is 19.8 Å². The zero-order valence-electron chi connectivity index (χ0n) is 11.9. The van der Waals surface area contributed by atoms with Crippen LogP contribution in [0, 0.1) is 0 Å². The van der Waals surface area contributed by atoms with Crippen LogP contribution in [0.4, 0.5) is 0 Å². The molecule has 2 aromatic rings. The van der Waals surface area contributed by atoms with E-state index >= 15 is 0 Å². The third-order valence-corrected chi connectivity index (χ3v) is 3.03. The molecule has 110 valence electrons. The van der Waals surface area contributed by atoms with E-state index in [1.807, 2.05) is 12.1 Å². The number of nitrogens with two attached hydrogens (primary N) is 2. The highest BCUT2D eigenvalue weighted by molar-refractivity contribution is 5.97. The van der Waals surface area contributed by atoms with Gasteiger partial charge in [0.05, 0.1) is 11.9 Å². The predicted octanol–water partition coefficient (Wildman–Crippen LogP) is 0.439. The van der Waals surface area contributed by atoms with Crippen LogP contribution in [0.25, 0.3) is 5.69 Å². The molecular weight excluding hydrogens is 268 g/mol. The average Bonchev–Trinajstić information content (AvgIpc) is 2.48. The molecule has 0 atom stereocenters. The Kier molecular flexibility index (Phi) is 4.34. The Morgan fingerprint density at radius 1 is 1.33 bits per heavy atom. The van der Waals surface area contributed by atoms with Gasteiger partial charge in [0.15, 0.2) is 5.84 Å². The van der Waals surface area contributed by atoms with Gasteiger partial charge < -0.3 is 5.73 Å². The van der Waals surface area contributed by atoms with Crippen molar-refractivity contribution in [3.63, 3.8) is 0 Å². The Hall–Kier alpha value is -2.67. The van der Waals surface area contributed by atoms with Gasteiger partial charge in [0, 0.05) is 23.5 Å². The maximum atomic E-state index is 12.0. The second-order valence-corrected chi connectivity index (χ2v) is 4.85. The van der Waals surface area contributed by atoms with E-state index < -0.39 is 0 Å². The molecule has 0 aliphatic carbocycles. The average molecular weight is 286 g/mol. The topological polar surface area (TPSA) is 111 Å². The third kappa shape index (κ3) is 3.26. The zero-order valence-corrected chi connectivity index (χ0v) is 11.9. The summed E-state index contributed by atoms with van der Waals surface area (Å²) in [7, 11) is 0. The van der Waals surface area contributed by atoms with Crippen molar-refractivity contribution in [1.29, 1.82) is 0 Å². The molecule has 0 aliphatic rings. The van der Waals surface area contributed by atoms with Crippen LogP contribution >= 0.6 is 0 Å². The van der Waals surface area contributed by atoms with Gasteiger partial charge >= 0.3 is 0 Å². The molecule has 0 radical (unpaired) electrons. The van der Waals surface area contributed by atoms with Gasteiger partial charge in [-0.15, -0.1) is 5.10 Å². The van der Waals surface area contributed by atoms with Crippen LogP contribution in [0.2, 0.25) is 0 Å². The Morgan fingerprint density at radius 2 is 2.10 bits per heavy atom. The molecule has 0 aromatic carbocycles. The van der Waals surface area contributed by atoms with Crippen molar-refractivity contribution in [3.05, 3.63) is 58.3 Å². The van der Waals surface area contributed by atoms with E-state index in [4.69, 9.17) is 11.6 Å². The molecule has 0 aliphatic heterocycles. The van der Waals surface area contributed by atoms with Crippen LogP contribution in [0.1, 0.15) is 31.0 Å². The fourth-order valence-corrected chi connectivity index (χ4v) is 1.86. The largest absolute Gasteiger partial charge is 0.382 e. The van der Waals surface area contributed by atoms with Crippen molar-refractivity contribution >= 4 is 5.84 Å². The lowest BCUT2D eigenvalue weighted by Crippen LogP contribution is -2.25. The first-order chi connectivity index (χ1) is 10.0. The molecule has 5 N–H and O–H groups in total. The second kappa shape index (κ2) is 6.19. The van der Waals surface area contributed by atoms with E-state index in [-0.39, 0.29) is 11.4 Å². The van der Waals surface area contributed by atoms with Crippen molar-refractivity contribution in [1.82, 2.24) is 15.1 Å². The lowest BCUT2D eigenvalue weighted by atomic mass is 10.1. The van der Waals surface area contributed by atoms with E-state index in [2.05, 4.69) is 29.5 Å². The molecule has 21 heavy (non-hydrogen) atoms. The number of nitrogens with zero attached hydrogens (tertiary/aromatic N) is 3. The smallest absolute Gasteiger partial charge is 0.255 e. The molecule has 0 fully saturated rings. The van der Waals surface area contributed by atoms with Crippen LogP contribution in [0.5, 0.6) is 0 Å². The summed E-state index contributed by atoms with van der Waals surface area (Å²) in [6.45, 7) is 4.12. The number of aromatic nitrogens is 2. The van der Waals surface area contributed by atoms with E-state index in [1.165, 1.54) is 10.6 Å². The molecule has 0 amide bonds. The van der Waals surface area contributed by atoms with Crippen LogP contribution < -0.4 is 22.7 Å². The Labute approximate surface area is 122 Å². The number of hydrogen-bond donors (Lipinski definition) is 3. The normalized spacial score (nSPS) is 11.7. The monoisotopic (exact) mass is 286 g/mol. The molecule has 0 saturated heterocycles. The molecule has 7 nitrogen and oxygen atoms in total. The molecule has 0 bridgehead atoms. The number of amidine groups is 1. The highest BCUT2D eigenvalue weighted by atomic mass is 16.1. The molecule has 0 spiro atoms. The molecule has 2 heterocycles. The third-order valence-electron chi connectivity index (χ3n) is 3.03. The van der Waals surface area contributed by atoms with E-state index in [0.29, 0.717) is 17.2 Å². The summed E-state index contributed by atoms with van der Waals surface area (Å²) < 4.78 is 1.46. The maximum Gasteiger partial charge on any atom is 0.255 e. The van der Waals surface area contributed by atoms with Gasteiger partial charge in [0.1, 0.15) is 0 Å². The molecule has 0 unspecified atom stereocenters. The predicted molar refractivity (Wildman–Crippen MR) is 82.0 cm³/mol. The molecule has 0 saturated carbocycles. The number of hydrazone groups is 1. The summed E-state index contributed by atoms with van der Waals surface area (Å²) >= 11 is 0. The maximum absolute atomic E-state index is 12.0. The van der Waals surface area contributed by atoms with Crippen LogP contribution in [-0.2, 0) is 0 Å². The van der Waals surface area contributed by atoms with Crippen LogP contribution in [0.15, 0.2) is 46.6 Å². The minimum atomic E-state index is -0.175. The van der Waals surface area contributed by atoms with E-state index in [0.717, 1.165) is 5.69 Å². The van der Waals surface area contributed by atoms with Gasteiger partial charge in [-0.1, -0.05) is 13.8 Å². The van der Waals surface area contributed by atoms with E-state index in [9.17, 15) is 4.79 Å². The van der Waals surface area contributed by atoms with Crippen LogP contribution in [-0.4, -0.2) is 15.4 Å². The SMILES string of the molecule is CC(C)c1ccc(-n2cc(/C(N)=N/NN)ccc2=O)cn1. The quantitative estimate of drug-likeness (QED) is 0.327. The number of pyridine rings is 2. The highest BCUT2D eigenvalue weighted by Gasteiger charge is 2.06. The Morgan fingerprint density at radius 3 is 2.67 bits per heavy atom. The fourth-order valence-electron chi connectivity index (χ4n) is 1.86. The standard InChI is InChI=1S/C14H18N6O/c1-9(2)12-5-4-11(7-17-12)20-8-10(3-6-13(20)21)14(15)18-19-16/h3-9,19H,16H2,1-2H3,(H2,15,18). The first-order valence-electron chi connectivity index (χ1n) is 6.51. The number of rotatable bonds is 4. The van der Waals surface area contributed by atoms with Crippen molar-refractivity contribution in [2.24, 2.45) is 16.7 Å². The Balaban J connectivity index is 2.45. The van der Waals surface area contributed by atoms with Gasteiger partial charge in [-0.05, 0) is 24.1 Å². The summed E-state index contributed by atoms with van der Waals surface area (Å²) in [5.41, 5.74) is 9.91. The summed E-state index contributed by atoms with van der Waals surface area (Å²) in [4.78, 5) is 16.3. The van der Waals surface area contributed by atoms with Crippen molar-refractivity contribution in [2.75, 3.05) is 0 Å². The summed E-state index contributed by atoms with van der Waals surface area (Å²) in [5.74, 6) is 5.62. The summed E-state index contributed by atoms with van der Waals surface area (Å²) in [6, 6.07) is 6.76.